The average Bonchev–Trinajstić information content (AvgIpc) is 3.20. The van der Waals surface area contributed by atoms with Gasteiger partial charge in [-0.3, -0.25) is 9.48 Å². The van der Waals surface area contributed by atoms with Crippen LogP contribution in [0.1, 0.15) is 39.0 Å². The molecule has 0 saturated carbocycles. The molecule has 1 unspecified atom stereocenters. The molecular formula is C21H36ClN5O5S. The van der Waals surface area contributed by atoms with Crippen LogP contribution in [0.5, 0.6) is 0 Å². The lowest BCUT2D eigenvalue weighted by molar-refractivity contribution is -0.205. The number of carbonyl (C=O) groups is 1. The minimum absolute atomic E-state index is 0.201. The number of nitrogens with one attached hydrogen (secondary N) is 2. The topological polar surface area (TPSA) is 142 Å². The van der Waals surface area contributed by atoms with Crippen molar-refractivity contribution in [1.29, 1.82) is 0 Å². The molecule has 9 atom stereocenters. The molecule has 5 N–H and O–H groups in total. The second kappa shape index (κ2) is 12.7. The fraction of sp³-hybridized carbons (Fsp3) is 0.857. The van der Waals surface area contributed by atoms with E-state index in [0.29, 0.717) is 12.3 Å². The fourth-order valence-corrected chi connectivity index (χ4v) is 5.49. The summed E-state index contributed by atoms with van der Waals surface area (Å²) in [7, 11) is 0. The third-order valence-corrected chi connectivity index (χ3v) is 7.72. The largest absolute Gasteiger partial charge is 0.388 e. The van der Waals surface area contributed by atoms with E-state index in [1.165, 1.54) is 11.8 Å². The van der Waals surface area contributed by atoms with Crippen LogP contribution >= 0.6 is 23.4 Å². The molecule has 12 heteroatoms. The van der Waals surface area contributed by atoms with E-state index in [0.717, 1.165) is 38.8 Å². The quantitative estimate of drug-likeness (QED) is 0.295. The maximum atomic E-state index is 13.1. The summed E-state index contributed by atoms with van der Waals surface area (Å²) in [5.74, 6) is 0.330. The monoisotopic (exact) mass is 505 g/mol. The van der Waals surface area contributed by atoms with Crippen molar-refractivity contribution in [3.05, 3.63) is 12.4 Å². The van der Waals surface area contributed by atoms with E-state index in [4.69, 9.17) is 16.3 Å². The molecule has 2 fully saturated rings. The first-order chi connectivity index (χ1) is 15.8. The highest BCUT2D eigenvalue weighted by Crippen LogP contribution is 2.30. The fourth-order valence-electron chi connectivity index (χ4n) is 4.61. The molecule has 33 heavy (non-hydrogen) atoms. The Morgan fingerprint density at radius 3 is 2.76 bits per heavy atom. The number of ether oxygens (including phenoxy) is 1. The van der Waals surface area contributed by atoms with E-state index in [-0.39, 0.29) is 11.9 Å². The molecule has 1 aromatic heterocycles. The van der Waals surface area contributed by atoms with Crippen LogP contribution in [0.4, 0.5) is 0 Å². The van der Waals surface area contributed by atoms with Gasteiger partial charge in [-0.1, -0.05) is 5.21 Å². The Balaban J connectivity index is 1.53. The van der Waals surface area contributed by atoms with Gasteiger partial charge >= 0.3 is 0 Å². The van der Waals surface area contributed by atoms with Crippen LogP contribution < -0.4 is 10.6 Å². The van der Waals surface area contributed by atoms with Crippen LogP contribution in [0.3, 0.4) is 0 Å². The summed E-state index contributed by atoms with van der Waals surface area (Å²) in [6.45, 7) is 3.29. The van der Waals surface area contributed by atoms with Gasteiger partial charge in [-0.2, -0.15) is 0 Å². The molecule has 0 aromatic carbocycles. The number of hydrogen-bond acceptors (Lipinski definition) is 9. The van der Waals surface area contributed by atoms with Gasteiger partial charge in [-0.05, 0) is 57.7 Å². The maximum Gasteiger partial charge on any atom is 0.237 e. The summed E-state index contributed by atoms with van der Waals surface area (Å²) < 4.78 is 7.66. The smallest absolute Gasteiger partial charge is 0.237 e. The molecule has 0 bridgehead atoms. The summed E-state index contributed by atoms with van der Waals surface area (Å²) >= 11 is 7.59. The van der Waals surface area contributed by atoms with E-state index in [1.807, 2.05) is 10.9 Å². The number of aliphatic hydroxyl groups is 3. The molecule has 3 rings (SSSR count). The van der Waals surface area contributed by atoms with Crippen LogP contribution in [0, 0.1) is 5.92 Å². The van der Waals surface area contributed by atoms with Gasteiger partial charge in [-0.15, -0.1) is 28.5 Å². The maximum absolute atomic E-state index is 13.1. The van der Waals surface area contributed by atoms with Gasteiger partial charge in [0.25, 0.3) is 0 Å². The molecule has 2 saturated heterocycles. The number of halogens is 1. The first-order valence-electron chi connectivity index (χ1n) is 11.6. The van der Waals surface area contributed by atoms with Crippen molar-refractivity contribution in [2.45, 2.75) is 92.9 Å². The van der Waals surface area contributed by atoms with Crippen molar-refractivity contribution in [3.8, 4) is 0 Å². The Kier molecular flexibility index (Phi) is 10.2. The summed E-state index contributed by atoms with van der Waals surface area (Å²) in [5.41, 5.74) is -0.725. The van der Waals surface area contributed by atoms with Crippen molar-refractivity contribution in [2.75, 3.05) is 12.8 Å². The summed E-state index contributed by atoms with van der Waals surface area (Å²) in [4.78, 5) is 13.1. The number of thioether (sulfide) groups is 1. The highest BCUT2D eigenvalue weighted by atomic mass is 35.5. The lowest BCUT2D eigenvalue weighted by Crippen LogP contribution is -2.65. The number of aliphatic hydroxyl groups excluding tert-OH is 3. The molecular weight excluding hydrogens is 470 g/mol. The zero-order chi connectivity index (χ0) is 24.0. The number of aryl methyl sites for hydroxylation is 1. The standard InChI is InChI=1S/C21H36ClN5O5S/c1-12(22)15(19-17(29)16(28)18(30)21(32-19)33-2)25-20(31)14-6-5-13(7-8-23-14)4-3-10-27-11-9-24-26-27/h9,11-19,21,23,28-30H,3-8,10H2,1-2H3,(H,25,31)/t12-,13-,14-,15+,16-,17+,18+,19?,21+/m0/s1. The van der Waals surface area contributed by atoms with E-state index in [1.54, 1.807) is 19.4 Å². The first-order valence-corrected chi connectivity index (χ1v) is 13.3. The Bertz CT molecular complexity index is 728. The van der Waals surface area contributed by atoms with E-state index in [9.17, 15) is 20.1 Å². The Hall–Kier alpha value is -0.950. The van der Waals surface area contributed by atoms with E-state index < -0.39 is 41.3 Å². The number of nitrogens with zero attached hydrogens (tertiary/aromatic N) is 3. The molecule has 10 nitrogen and oxygen atoms in total. The Morgan fingerprint density at radius 1 is 1.30 bits per heavy atom. The van der Waals surface area contributed by atoms with Gasteiger partial charge in [0.05, 0.1) is 23.7 Å². The molecule has 0 radical (unpaired) electrons. The molecule has 3 heterocycles. The average molecular weight is 506 g/mol. The first kappa shape index (κ1) is 26.7. The molecule has 188 valence electrons. The van der Waals surface area contributed by atoms with Gasteiger partial charge in [0, 0.05) is 12.7 Å². The molecule has 2 aliphatic heterocycles. The summed E-state index contributed by atoms with van der Waals surface area (Å²) in [6.07, 6.45) is 5.08. The zero-order valence-electron chi connectivity index (χ0n) is 19.1. The lowest BCUT2D eigenvalue weighted by atomic mass is 9.92. The van der Waals surface area contributed by atoms with Crippen molar-refractivity contribution in [3.63, 3.8) is 0 Å². The third-order valence-electron chi connectivity index (χ3n) is 6.59. The predicted octanol–water partition coefficient (Wildman–Crippen LogP) is 0.0993. The SMILES string of the molecule is CS[C@H]1OC([C@H](NC(=O)[C@@H]2CC[C@H](CCCn3ccnn3)CCN2)[C@H](C)Cl)[C@H](O)[C@H](O)[C@H]1O. The van der Waals surface area contributed by atoms with Gasteiger partial charge in [0.1, 0.15) is 29.9 Å². The van der Waals surface area contributed by atoms with Crippen LogP contribution in [0.25, 0.3) is 0 Å². The van der Waals surface area contributed by atoms with Crippen LogP contribution in [0.2, 0.25) is 0 Å². The van der Waals surface area contributed by atoms with Crippen molar-refractivity contribution < 1.29 is 24.9 Å². The number of amides is 1. The van der Waals surface area contributed by atoms with E-state index >= 15 is 0 Å². The minimum atomic E-state index is -1.38. The minimum Gasteiger partial charge on any atom is -0.388 e. The second-order valence-electron chi connectivity index (χ2n) is 8.94. The summed E-state index contributed by atoms with van der Waals surface area (Å²) in [5, 5.41) is 44.4. The van der Waals surface area contributed by atoms with Gasteiger partial charge in [0.2, 0.25) is 5.91 Å². The van der Waals surface area contributed by atoms with Crippen LogP contribution in [0.15, 0.2) is 12.4 Å². The molecule has 0 spiro atoms. The van der Waals surface area contributed by atoms with Crippen molar-refractivity contribution in [1.82, 2.24) is 25.6 Å². The highest BCUT2D eigenvalue weighted by Gasteiger charge is 2.48. The number of carbonyl (C=O) groups excluding carboxylic acids is 1. The number of rotatable bonds is 9. The normalized spacial score (nSPS) is 34.9. The molecule has 2 aliphatic rings. The predicted molar refractivity (Wildman–Crippen MR) is 126 cm³/mol. The Morgan fingerprint density at radius 2 is 2.09 bits per heavy atom. The lowest BCUT2D eigenvalue weighted by Gasteiger charge is -2.44. The van der Waals surface area contributed by atoms with Gasteiger partial charge < -0.3 is 30.7 Å². The molecule has 1 amide bonds. The van der Waals surface area contributed by atoms with Crippen molar-refractivity contribution >= 4 is 29.3 Å². The van der Waals surface area contributed by atoms with Gasteiger partial charge in [0.15, 0.2) is 0 Å². The van der Waals surface area contributed by atoms with Crippen LogP contribution in [-0.4, -0.2) is 96.3 Å². The molecule has 0 aliphatic carbocycles. The number of alkyl halides is 1. The number of aromatic nitrogens is 3. The van der Waals surface area contributed by atoms with Gasteiger partial charge in [-0.25, -0.2) is 0 Å². The zero-order valence-corrected chi connectivity index (χ0v) is 20.7. The molecule has 1 aromatic rings. The highest BCUT2D eigenvalue weighted by molar-refractivity contribution is 7.99. The third kappa shape index (κ3) is 7.03. The van der Waals surface area contributed by atoms with Crippen molar-refractivity contribution in [2.24, 2.45) is 5.92 Å². The number of hydrogen-bond donors (Lipinski definition) is 5. The summed E-state index contributed by atoms with van der Waals surface area (Å²) in [6, 6.07) is -1.09. The second-order valence-corrected chi connectivity index (χ2v) is 10.6. The van der Waals surface area contributed by atoms with Crippen LogP contribution in [-0.2, 0) is 16.1 Å². The van der Waals surface area contributed by atoms with E-state index in [2.05, 4.69) is 20.9 Å². The Labute approximate surface area is 203 Å².